The zero-order valence-electron chi connectivity index (χ0n) is 10.1. The minimum Gasteiger partial charge on any atom is -0.391 e. The molecule has 0 aromatic heterocycles. The van der Waals surface area contributed by atoms with Crippen LogP contribution in [0.15, 0.2) is 24.3 Å². The Balaban J connectivity index is 2.92. The van der Waals surface area contributed by atoms with Gasteiger partial charge in [0.1, 0.15) is 0 Å². The average Bonchev–Trinajstić information content (AvgIpc) is 2.18. The predicted octanol–water partition coefficient (Wildman–Crippen LogP) is 2.59. The van der Waals surface area contributed by atoms with Gasteiger partial charge in [-0.05, 0) is 45.4 Å². The van der Waals surface area contributed by atoms with Crippen LogP contribution in [0.4, 0.5) is 5.69 Å². The second-order valence-corrected chi connectivity index (χ2v) is 4.11. The molecular formula is C13H21NO. The molecule has 84 valence electrons. The molecule has 0 amide bonds. The molecule has 0 radical (unpaired) electrons. The quantitative estimate of drug-likeness (QED) is 0.820. The normalized spacial score (nSPS) is 14.7. The lowest BCUT2D eigenvalue weighted by Crippen LogP contribution is -2.40. The van der Waals surface area contributed by atoms with Gasteiger partial charge >= 0.3 is 0 Å². The summed E-state index contributed by atoms with van der Waals surface area (Å²) in [6, 6.07) is 8.54. The number of rotatable bonds is 4. The van der Waals surface area contributed by atoms with Gasteiger partial charge in [0, 0.05) is 12.2 Å². The van der Waals surface area contributed by atoms with Crippen LogP contribution in [-0.4, -0.2) is 23.8 Å². The van der Waals surface area contributed by atoms with Gasteiger partial charge in [0.05, 0.1) is 12.1 Å². The van der Waals surface area contributed by atoms with Crippen molar-refractivity contribution in [2.24, 2.45) is 0 Å². The summed E-state index contributed by atoms with van der Waals surface area (Å²) in [5.74, 6) is 0. The van der Waals surface area contributed by atoms with E-state index in [9.17, 15) is 5.11 Å². The molecule has 0 heterocycles. The van der Waals surface area contributed by atoms with E-state index >= 15 is 0 Å². The van der Waals surface area contributed by atoms with Crippen molar-refractivity contribution < 1.29 is 5.11 Å². The summed E-state index contributed by atoms with van der Waals surface area (Å²) < 4.78 is 0. The van der Waals surface area contributed by atoms with Crippen LogP contribution in [0.25, 0.3) is 0 Å². The lowest BCUT2D eigenvalue weighted by Gasteiger charge is -2.32. The van der Waals surface area contributed by atoms with Crippen molar-refractivity contribution in [2.45, 2.75) is 39.8 Å². The third kappa shape index (κ3) is 2.96. The van der Waals surface area contributed by atoms with E-state index in [1.807, 2.05) is 6.92 Å². The van der Waals surface area contributed by atoms with Crippen molar-refractivity contribution in [1.82, 2.24) is 0 Å². The van der Waals surface area contributed by atoms with Crippen molar-refractivity contribution in [1.29, 1.82) is 0 Å². The number of hydrogen-bond donors (Lipinski definition) is 1. The van der Waals surface area contributed by atoms with E-state index in [4.69, 9.17) is 0 Å². The minimum atomic E-state index is -0.314. The van der Waals surface area contributed by atoms with Crippen molar-refractivity contribution in [3.05, 3.63) is 29.8 Å². The van der Waals surface area contributed by atoms with Gasteiger partial charge in [-0.15, -0.1) is 0 Å². The molecule has 2 unspecified atom stereocenters. The SMILES string of the molecule is CCN(c1cccc(C)c1)C(C)C(C)O. The number of aliphatic hydroxyl groups excluding tert-OH is 1. The lowest BCUT2D eigenvalue weighted by molar-refractivity contribution is 0.166. The zero-order chi connectivity index (χ0) is 11.4. The van der Waals surface area contributed by atoms with E-state index in [2.05, 4.69) is 49.9 Å². The van der Waals surface area contributed by atoms with Crippen LogP contribution in [-0.2, 0) is 0 Å². The summed E-state index contributed by atoms with van der Waals surface area (Å²) in [6.45, 7) is 9.00. The first-order valence-corrected chi connectivity index (χ1v) is 5.57. The molecule has 15 heavy (non-hydrogen) atoms. The standard InChI is InChI=1S/C13H21NO/c1-5-14(11(3)12(4)15)13-8-6-7-10(2)9-13/h6-9,11-12,15H,5H2,1-4H3. The second kappa shape index (κ2) is 5.17. The van der Waals surface area contributed by atoms with Crippen molar-refractivity contribution >= 4 is 5.69 Å². The van der Waals surface area contributed by atoms with Crippen LogP contribution in [0, 0.1) is 6.92 Å². The first-order chi connectivity index (χ1) is 7.06. The Kier molecular flexibility index (Phi) is 4.15. The van der Waals surface area contributed by atoms with E-state index in [0.29, 0.717) is 0 Å². The first-order valence-electron chi connectivity index (χ1n) is 5.57. The maximum absolute atomic E-state index is 9.61. The fraction of sp³-hybridized carbons (Fsp3) is 0.538. The van der Waals surface area contributed by atoms with Crippen molar-refractivity contribution in [3.63, 3.8) is 0 Å². The zero-order valence-corrected chi connectivity index (χ0v) is 10.1. The summed E-state index contributed by atoms with van der Waals surface area (Å²) in [5, 5.41) is 9.61. The smallest absolute Gasteiger partial charge is 0.0712 e. The van der Waals surface area contributed by atoms with Gasteiger partial charge in [0.25, 0.3) is 0 Å². The third-order valence-corrected chi connectivity index (χ3v) is 2.86. The molecule has 0 saturated heterocycles. The average molecular weight is 207 g/mol. The molecule has 0 fully saturated rings. The summed E-state index contributed by atoms with van der Waals surface area (Å²) in [7, 11) is 0. The van der Waals surface area contributed by atoms with Crippen molar-refractivity contribution in [3.8, 4) is 0 Å². The number of nitrogens with zero attached hydrogens (tertiary/aromatic N) is 1. The van der Waals surface area contributed by atoms with Gasteiger partial charge in [-0.3, -0.25) is 0 Å². The fourth-order valence-electron chi connectivity index (χ4n) is 1.77. The topological polar surface area (TPSA) is 23.5 Å². The highest BCUT2D eigenvalue weighted by atomic mass is 16.3. The van der Waals surface area contributed by atoms with Gasteiger partial charge in [-0.1, -0.05) is 12.1 Å². The summed E-state index contributed by atoms with van der Waals surface area (Å²) in [6.07, 6.45) is -0.314. The number of anilines is 1. The molecule has 2 nitrogen and oxygen atoms in total. The molecule has 0 saturated carbocycles. The molecule has 0 aliphatic carbocycles. The molecule has 1 aromatic rings. The number of benzene rings is 1. The van der Waals surface area contributed by atoms with Crippen LogP contribution in [0.2, 0.25) is 0 Å². The Morgan fingerprint density at radius 3 is 2.47 bits per heavy atom. The third-order valence-electron chi connectivity index (χ3n) is 2.86. The fourth-order valence-corrected chi connectivity index (χ4v) is 1.77. The van der Waals surface area contributed by atoms with Gasteiger partial charge in [0.2, 0.25) is 0 Å². The molecule has 0 aliphatic heterocycles. The van der Waals surface area contributed by atoms with E-state index in [0.717, 1.165) is 6.54 Å². The molecule has 1 rings (SSSR count). The predicted molar refractivity (Wildman–Crippen MR) is 65.3 cm³/mol. The van der Waals surface area contributed by atoms with Crippen LogP contribution in [0.1, 0.15) is 26.3 Å². The van der Waals surface area contributed by atoms with Crippen LogP contribution < -0.4 is 4.90 Å². The largest absolute Gasteiger partial charge is 0.391 e. The first kappa shape index (κ1) is 12.1. The van der Waals surface area contributed by atoms with Gasteiger partial charge in [0.15, 0.2) is 0 Å². The lowest BCUT2D eigenvalue weighted by atomic mass is 10.1. The molecule has 0 aliphatic rings. The van der Waals surface area contributed by atoms with Gasteiger partial charge in [-0.2, -0.15) is 0 Å². The number of aryl methyl sites for hydroxylation is 1. The maximum atomic E-state index is 9.61. The van der Waals surface area contributed by atoms with Gasteiger partial charge in [-0.25, -0.2) is 0 Å². The highest BCUT2D eigenvalue weighted by molar-refractivity contribution is 5.49. The van der Waals surface area contributed by atoms with Crippen LogP contribution in [0.3, 0.4) is 0 Å². The van der Waals surface area contributed by atoms with Crippen LogP contribution >= 0.6 is 0 Å². The molecule has 2 atom stereocenters. The second-order valence-electron chi connectivity index (χ2n) is 4.11. The van der Waals surface area contributed by atoms with Crippen LogP contribution in [0.5, 0.6) is 0 Å². The number of likely N-dealkylation sites (N-methyl/N-ethyl adjacent to an activating group) is 1. The van der Waals surface area contributed by atoms with E-state index in [1.54, 1.807) is 0 Å². The molecule has 1 N–H and O–H groups in total. The van der Waals surface area contributed by atoms with E-state index in [-0.39, 0.29) is 12.1 Å². The maximum Gasteiger partial charge on any atom is 0.0712 e. The number of aliphatic hydroxyl groups is 1. The Morgan fingerprint density at radius 1 is 1.33 bits per heavy atom. The molecular weight excluding hydrogens is 186 g/mol. The molecule has 2 heteroatoms. The monoisotopic (exact) mass is 207 g/mol. The highest BCUT2D eigenvalue weighted by Gasteiger charge is 2.17. The Bertz CT molecular complexity index is 309. The molecule has 0 bridgehead atoms. The highest BCUT2D eigenvalue weighted by Crippen LogP contribution is 2.19. The van der Waals surface area contributed by atoms with Crippen molar-refractivity contribution in [2.75, 3.05) is 11.4 Å². The van der Waals surface area contributed by atoms with E-state index in [1.165, 1.54) is 11.3 Å². The molecule has 0 spiro atoms. The summed E-state index contributed by atoms with van der Waals surface area (Å²) >= 11 is 0. The minimum absolute atomic E-state index is 0.150. The Hall–Kier alpha value is -1.02. The van der Waals surface area contributed by atoms with E-state index < -0.39 is 0 Å². The van der Waals surface area contributed by atoms with Gasteiger partial charge < -0.3 is 10.0 Å². The molecule has 1 aromatic carbocycles. The summed E-state index contributed by atoms with van der Waals surface area (Å²) in [5.41, 5.74) is 2.44. The summed E-state index contributed by atoms with van der Waals surface area (Å²) in [4.78, 5) is 2.22. The number of hydrogen-bond acceptors (Lipinski definition) is 2. The Morgan fingerprint density at radius 2 is 2.00 bits per heavy atom. The Labute approximate surface area is 92.5 Å².